The number of hydrogen-bond donors (Lipinski definition) is 1. The van der Waals surface area contributed by atoms with E-state index in [0.29, 0.717) is 5.56 Å². The second kappa shape index (κ2) is 6.15. The lowest BCUT2D eigenvalue weighted by Gasteiger charge is -2.52. The van der Waals surface area contributed by atoms with Crippen molar-refractivity contribution < 1.29 is 9.59 Å². The standard InChI is InChI=1S/C21H24N2O2/c1-20(2)17-10-9-16(23-19(25)14-7-5-4-6-8-14)12-21(17,3)11-15(13-22)18(20)24/h4-8,11,16-17H,9-10,12H2,1-3H3,(H,23,25). The van der Waals surface area contributed by atoms with E-state index in [2.05, 4.69) is 18.3 Å². The molecule has 3 rings (SSSR count). The Morgan fingerprint density at radius 3 is 2.52 bits per heavy atom. The van der Waals surface area contributed by atoms with Crippen molar-refractivity contribution >= 4 is 11.7 Å². The van der Waals surface area contributed by atoms with Crippen molar-refractivity contribution in [1.29, 1.82) is 5.26 Å². The summed E-state index contributed by atoms with van der Waals surface area (Å²) in [6, 6.07) is 11.3. The van der Waals surface area contributed by atoms with Crippen molar-refractivity contribution in [3.63, 3.8) is 0 Å². The predicted octanol–water partition coefficient (Wildman–Crippen LogP) is 3.65. The summed E-state index contributed by atoms with van der Waals surface area (Å²) in [4.78, 5) is 25.0. The summed E-state index contributed by atoms with van der Waals surface area (Å²) in [5.41, 5.74) is 0.124. The molecule has 3 unspecified atom stereocenters. The maximum atomic E-state index is 12.6. The maximum absolute atomic E-state index is 12.6. The lowest BCUT2D eigenvalue weighted by molar-refractivity contribution is -0.131. The van der Waals surface area contributed by atoms with Gasteiger partial charge in [0.2, 0.25) is 0 Å². The van der Waals surface area contributed by atoms with Gasteiger partial charge >= 0.3 is 0 Å². The third-order valence-corrected chi connectivity index (χ3v) is 5.95. The van der Waals surface area contributed by atoms with E-state index in [1.807, 2.05) is 38.1 Å². The molecule has 4 heteroatoms. The van der Waals surface area contributed by atoms with Gasteiger partial charge in [-0.15, -0.1) is 0 Å². The average Bonchev–Trinajstić information content (AvgIpc) is 2.58. The lowest BCUT2D eigenvalue weighted by Crippen LogP contribution is -2.53. The van der Waals surface area contributed by atoms with E-state index in [4.69, 9.17) is 0 Å². The number of nitrogens with zero attached hydrogens (tertiary/aromatic N) is 1. The van der Waals surface area contributed by atoms with E-state index in [0.717, 1.165) is 19.3 Å². The predicted molar refractivity (Wildman–Crippen MR) is 95.6 cm³/mol. The number of carbonyl (C=O) groups is 2. The molecular formula is C21H24N2O2. The molecule has 3 atom stereocenters. The van der Waals surface area contributed by atoms with Crippen molar-refractivity contribution in [2.75, 3.05) is 0 Å². The first-order valence-electron chi connectivity index (χ1n) is 8.81. The summed E-state index contributed by atoms with van der Waals surface area (Å²) in [7, 11) is 0. The van der Waals surface area contributed by atoms with Gasteiger partial charge in [0, 0.05) is 17.0 Å². The molecule has 1 N–H and O–H groups in total. The second-order valence-electron chi connectivity index (χ2n) is 8.10. The molecule has 2 aliphatic carbocycles. The third-order valence-electron chi connectivity index (χ3n) is 5.95. The van der Waals surface area contributed by atoms with Gasteiger partial charge in [0.1, 0.15) is 6.07 Å². The van der Waals surface area contributed by atoms with Gasteiger partial charge < -0.3 is 5.32 Å². The molecular weight excluding hydrogens is 312 g/mol. The van der Waals surface area contributed by atoms with E-state index in [9.17, 15) is 14.9 Å². The van der Waals surface area contributed by atoms with Crippen molar-refractivity contribution in [3.8, 4) is 6.07 Å². The van der Waals surface area contributed by atoms with Gasteiger partial charge in [-0.05, 0) is 42.7 Å². The van der Waals surface area contributed by atoms with Crippen LogP contribution in [0.1, 0.15) is 50.4 Å². The van der Waals surface area contributed by atoms with Gasteiger partial charge in [-0.25, -0.2) is 0 Å². The molecule has 1 saturated carbocycles. The molecule has 2 aliphatic rings. The zero-order chi connectivity index (χ0) is 18.2. The molecule has 0 spiro atoms. The number of Topliss-reactive ketones (excluding diaryl/α,β-unsaturated/α-hetero) is 1. The monoisotopic (exact) mass is 336 g/mol. The summed E-state index contributed by atoms with van der Waals surface area (Å²) in [5, 5.41) is 12.5. The lowest BCUT2D eigenvalue weighted by atomic mass is 9.52. The Morgan fingerprint density at radius 1 is 1.20 bits per heavy atom. The Morgan fingerprint density at radius 2 is 1.88 bits per heavy atom. The highest BCUT2D eigenvalue weighted by Crippen LogP contribution is 2.55. The quantitative estimate of drug-likeness (QED) is 0.896. The number of nitrogens with one attached hydrogen (secondary N) is 1. The highest BCUT2D eigenvalue weighted by molar-refractivity contribution is 6.04. The summed E-state index contributed by atoms with van der Waals surface area (Å²) < 4.78 is 0. The molecule has 1 amide bonds. The summed E-state index contributed by atoms with van der Waals surface area (Å²) in [5.74, 6) is 0.0713. The number of allylic oxidation sites excluding steroid dienone is 2. The zero-order valence-electron chi connectivity index (χ0n) is 15.0. The summed E-state index contributed by atoms with van der Waals surface area (Å²) in [6.45, 7) is 6.01. The Bertz CT molecular complexity index is 773. The largest absolute Gasteiger partial charge is 0.349 e. The fourth-order valence-electron chi connectivity index (χ4n) is 4.78. The minimum Gasteiger partial charge on any atom is -0.349 e. The maximum Gasteiger partial charge on any atom is 0.251 e. The normalized spacial score (nSPS) is 30.6. The first-order valence-corrected chi connectivity index (χ1v) is 8.81. The molecule has 0 saturated heterocycles. The van der Waals surface area contributed by atoms with Crippen LogP contribution >= 0.6 is 0 Å². The van der Waals surface area contributed by atoms with Gasteiger partial charge in [-0.2, -0.15) is 5.26 Å². The van der Waals surface area contributed by atoms with Crippen LogP contribution in [0.3, 0.4) is 0 Å². The number of amides is 1. The molecule has 4 nitrogen and oxygen atoms in total. The molecule has 1 fully saturated rings. The molecule has 1 aromatic carbocycles. The van der Waals surface area contributed by atoms with E-state index < -0.39 is 5.41 Å². The van der Waals surface area contributed by atoms with Crippen LogP contribution in [0.4, 0.5) is 0 Å². The molecule has 130 valence electrons. The Hall–Kier alpha value is -2.41. The van der Waals surface area contributed by atoms with Gasteiger partial charge in [0.15, 0.2) is 5.78 Å². The number of hydrogen-bond acceptors (Lipinski definition) is 3. The second-order valence-corrected chi connectivity index (χ2v) is 8.10. The van der Waals surface area contributed by atoms with Gasteiger partial charge in [-0.3, -0.25) is 9.59 Å². The van der Waals surface area contributed by atoms with E-state index in [1.165, 1.54) is 0 Å². The van der Waals surface area contributed by atoms with Crippen molar-refractivity contribution in [2.24, 2.45) is 16.7 Å². The molecule has 0 aliphatic heterocycles. The SMILES string of the molecule is CC12C=C(C#N)C(=O)C(C)(C)C1CCC(NC(=O)c1ccccc1)C2. The van der Waals surface area contributed by atoms with Crippen LogP contribution in [0.25, 0.3) is 0 Å². The first-order chi connectivity index (χ1) is 11.8. The minimum absolute atomic E-state index is 0.0501. The highest BCUT2D eigenvalue weighted by atomic mass is 16.1. The fraction of sp³-hybridized carbons (Fsp3) is 0.476. The van der Waals surface area contributed by atoms with Crippen LogP contribution in [-0.2, 0) is 4.79 Å². The summed E-state index contributed by atoms with van der Waals surface area (Å²) >= 11 is 0. The zero-order valence-corrected chi connectivity index (χ0v) is 15.0. The van der Waals surface area contributed by atoms with Crippen LogP contribution < -0.4 is 5.32 Å². The molecule has 1 aromatic rings. The molecule has 0 heterocycles. The summed E-state index contributed by atoms with van der Waals surface area (Å²) in [6.07, 6.45) is 4.32. The van der Waals surface area contributed by atoms with Crippen LogP contribution in [0, 0.1) is 28.1 Å². The Balaban J connectivity index is 1.82. The molecule has 25 heavy (non-hydrogen) atoms. The Kier molecular flexibility index (Phi) is 4.28. The van der Waals surface area contributed by atoms with Gasteiger partial charge in [-0.1, -0.05) is 45.0 Å². The fourth-order valence-corrected chi connectivity index (χ4v) is 4.78. The number of carbonyl (C=O) groups excluding carboxylic acids is 2. The van der Waals surface area contributed by atoms with Gasteiger partial charge in [0.05, 0.1) is 5.57 Å². The molecule has 0 bridgehead atoms. The van der Waals surface area contributed by atoms with Crippen molar-refractivity contribution in [2.45, 2.75) is 46.1 Å². The molecule has 0 radical (unpaired) electrons. The van der Waals surface area contributed by atoms with E-state index in [1.54, 1.807) is 12.1 Å². The van der Waals surface area contributed by atoms with Crippen molar-refractivity contribution in [3.05, 3.63) is 47.5 Å². The van der Waals surface area contributed by atoms with Crippen molar-refractivity contribution in [1.82, 2.24) is 5.32 Å². The number of ketones is 1. The Labute approximate surface area is 148 Å². The van der Waals surface area contributed by atoms with E-state index in [-0.39, 0.29) is 34.6 Å². The third kappa shape index (κ3) is 3.00. The van der Waals surface area contributed by atoms with Crippen LogP contribution in [-0.4, -0.2) is 17.7 Å². The van der Waals surface area contributed by atoms with E-state index >= 15 is 0 Å². The van der Waals surface area contributed by atoms with Crippen LogP contribution in [0.5, 0.6) is 0 Å². The minimum atomic E-state index is -0.539. The van der Waals surface area contributed by atoms with Crippen LogP contribution in [0.15, 0.2) is 42.0 Å². The topological polar surface area (TPSA) is 70.0 Å². The molecule has 0 aromatic heterocycles. The van der Waals surface area contributed by atoms with Crippen LogP contribution in [0.2, 0.25) is 0 Å². The highest BCUT2D eigenvalue weighted by Gasteiger charge is 2.53. The number of benzene rings is 1. The number of nitriles is 1. The number of fused-ring (bicyclic) bond motifs is 1. The first kappa shape index (κ1) is 17.4. The number of rotatable bonds is 2. The smallest absolute Gasteiger partial charge is 0.251 e. The van der Waals surface area contributed by atoms with Gasteiger partial charge in [0.25, 0.3) is 5.91 Å². The average molecular weight is 336 g/mol.